The van der Waals surface area contributed by atoms with E-state index in [2.05, 4.69) is 31.4 Å². The topological polar surface area (TPSA) is 51.0 Å². The lowest BCUT2D eigenvalue weighted by molar-refractivity contribution is 0.297. The summed E-state index contributed by atoms with van der Waals surface area (Å²) >= 11 is 3.44. The van der Waals surface area contributed by atoms with Gasteiger partial charge in [0, 0.05) is 10.0 Å². The van der Waals surface area contributed by atoms with E-state index >= 15 is 0 Å². The molecule has 4 nitrogen and oxygen atoms in total. The molecule has 0 amide bonds. The van der Waals surface area contributed by atoms with Crippen LogP contribution in [-0.4, -0.2) is 16.7 Å². The van der Waals surface area contributed by atoms with Gasteiger partial charge in [-0.2, -0.15) is 4.98 Å². The Labute approximate surface area is 126 Å². The molecule has 1 aliphatic heterocycles. The molecule has 2 heterocycles. The molecule has 1 aromatic carbocycles. The number of aromatic nitrogens is 2. The normalized spacial score (nSPS) is 18.9. The molecule has 1 aromatic heterocycles. The molecule has 2 aromatic rings. The number of hydrogen-bond acceptors (Lipinski definition) is 4. The maximum atomic E-state index is 5.36. The van der Waals surface area contributed by atoms with Crippen LogP contribution in [0.25, 0.3) is 11.4 Å². The molecule has 102 valence electrons. The van der Waals surface area contributed by atoms with E-state index in [0.717, 1.165) is 23.0 Å². The zero-order valence-electron chi connectivity index (χ0n) is 10.3. The number of piperidine rings is 1. The van der Waals surface area contributed by atoms with Crippen molar-refractivity contribution in [1.29, 1.82) is 0 Å². The highest BCUT2D eigenvalue weighted by atomic mass is 79.9. The van der Waals surface area contributed by atoms with Gasteiger partial charge in [-0.25, -0.2) is 0 Å². The van der Waals surface area contributed by atoms with Crippen LogP contribution in [-0.2, 0) is 0 Å². The first-order valence-corrected chi connectivity index (χ1v) is 6.95. The van der Waals surface area contributed by atoms with Gasteiger partial charge in [0.25, 0.3) is 0 Å². The monoisotopic (exact) mass is 343 g/mol. The summed E-state index contributed by atoms with van der Waals surface area (Å²) < 4.78 is 6.38. The third-order valence-corrected chi connectivity index (χ3v) is 3.63. The second kappa shape index (κ2) is 6.50. The van der Waals surface area contributed by atoms with Crippen molar-refractivity contribution in [3.05, 3.63) is 34.6 Å². The smallest absolute Gasteiger partial charge is 0.244 e. The van der Waals surface area contributed by atoms with E-state index in [4.69, 9.17) is 4.52 Å². The molecule has 6 heteroatoms. The first-order valence-electron chi connectivity index (χ1n) is 6.16. The summed E-state index contributed by atoms with van der Waals surface area (Å²) in [6, 6.07) is 8.13. The van der Waals surface area contributed by atoms with E-state index in [1.165, 1.54) is 12.8 Å². The third-order valence-electron chi connectivity index (χ3n) is 3.13. The van der Waals surface area contributed by atoms with Gasteiger partial charge in [-0.1, -0.05) is 39.6 Å². The minimum Gasteiger partial charge on any atom is -0.337 e. The SMILES string of the molecule is Brc1cccc(-c2noc([C@@H]3CCCCN3)n2)c1.Cl. The van der Waals surface area contributed by atoms with Crippen LogP contribution in [0.15, 0.2) is 33.3 Å². The van der Waals surface area contributed by atoms with Crippen LogP contribution in [0.1, 0.15) is 31.2 Å². The molecule has 0 bridgehead atoms. The van der Waals surface area contributed by atoms with E-state index in [0.29, 0.717) is 11.7 Å². The Balaban J connectivity index is 0.00000133. The van der Waals surface area contributed by atoms with Crippen LogP contribution in [0.5, 0.6) is 0 Å². The summed E-state index contributed by atoms with van der Waals surface area (Å²) in [5.74, 6) is 1.35. The Morgan fingerprint density at radius 3 is 2.95 bits per heavy atom. The van der Waals surface area contributed by atoms with Crippen molar-refractivity contribution in [2.45, 2.75) is 25.3 Å². The van der Waals surface area contributed by atoms with Gasteiger partial charge in [-0.15, -0.1) is 12.4 Å². The van der Waals surface area contributed by atoms with E-state index < -0.39 is 0 Å². The Bertz CT molecular complexity index is 540. The Morgan fingerprint density at radius 2 is 2.21 bits per heavy atom. The average Bonchev–Trinajstić information content (AvgIpc) is 2.89. The van der Waals surface area contributed by atoms with Crippen molar-refractivity contribution in [2.75, 3.05) is 6.54 Å². The molecule has 1 aliphatic rings. The molecule has 1 atom stereocenters. The molecule has 0 saturated carbocycles. The van der Waals surface area contributed by atoms with Gasteiger partial charge in [0.05, 0.1) is 6.04 Å². The highest BCUT2D eigenvalue weighted by Crippen LogP contribution is 2.25. The molecule has 1 saturated heterocycles. The van der Waals surface area contributed by atoms with Crippen LogP contribution in [0.4, 0.5) is 0 Å². The molecular formula is C13H15BrClN3O. The fraction of sp³-hybridized carbons (Fsp3) is 0.385. The van der Waals surface area contributed by atoms with Crippen molar-refractivity contribution in [2.24, 2.45) is 0 Å². The predicted molar refractivity (Wildman–Crippen MR) is 79.3 cm³/mol. The van der Waals surface area contributed by atoms with Crippen molar-refractivity contribution in [3.63, 3.8) is 0 Å². The first kappa shape index (κ1) is 14.5. The number of nitrogens with one attached hydrogen (secondary N) is 1. The number of benzene rings is 1. The van der Waals surface area contributed by atoms with E-state index in [1.807, 2.05) is 24.3 Å². The maximum absolute atomic E-state index is 5.36. The summed E-state index contributed by atoms with van der Waals surface area (Å²) in [6.45, 7) is 1.03. The second-order valence-corrected chi connectivity index (χ2v) is 5.38. The maximum Gasteiger partial charge on any atom is 0.244 e. The minimum atomic E-state index is 0. The van der Waals surface area contributed by atoms with Crippen LogP contribution < -0.4 is 5.32 Å². The lowest BCUT2D eigenvalue weighted by Crippen LogP contribution is -2.26. The zero-order valence-corrected chi connectivity index (χ0v) is 12.7. The summed E-state index contributed by atoms with van der Waals surface area (Å²) in [6.07, 6.45) is 3.51. The summed E-state index contributed by atoms with van der Waals surface area (Å²) in [4.78, 5) is 4.48. The number of rotatable bonds is 2. The fourth-order valence-corrected chi connectivity index (χ4v) is 2.58. The van der Waals surface area contributed by atoms with Crippen LogP contribution >= 0.6 is 28.3 Å². The highest BCUT2D eigenvalue weighted by Gasteiger charge is 2.21. The molecular weight excluding hydrogens is 330 g/mol. The molecule has 1 N–H and O–H groups in total. The predicted octanol–water partition coefficient (Wildman–Crippen LogP) is 3.74. The van der Waals surface area contributed by atoms with Gasteiger partial charge in [0.2, 0.25) is 11.7 Å². The van der Waals surface area contributed by atoms with E-state index in [1.54, 1.807) is 0 Å². The van der Waals surface area contributed by atoms with Crippen molar-refractivity contribution < 1.29 is 4.52 Å². The van der Waals surface area contributed by atoms with Crippen molar-refractivity contribution >= 4 is 28.3 Å². The quantitative estimate of drug-likeness (QED) is 0.902. The van der Waals surface area contributed by atoms with Gasteiger partial charge in [0.15, 0.2) is 0 Å². The second-order valence-electron chi connectivity index (χ2n) is 4.47. The van der Waals surface area contributed by atoms with Crippen LogP contribution in [0.3, 0.4) is 0 Å². The first-order chi connectivity index (χ1) is 8.83. The van der Waals surface area contributed by atoms with Gasteiger partial charge in [-0.05, 0) is 31.5 Å². The zero-order chi connectivity index (χ0) is 12.4. The number of nitrogens with zero attached hydrogens (tertiary/aromatic N) is 2. The summed E-state index contributed by atoms with van der Waals surface area (Å²) in [7, 11) is 0. The van der Waals surface area contributed by atoms with Gasteiger partial charge in [-0.3, -0.25) is 0 Å². The molecule has 0 aliphatic carbocycles. The van der Waals surface area contributed by atoms with Gasteiger partial charge >= 0.3 is 0 Å². The largest absolute Gasteiger partial charge is 0.337 e. The molecule has 0 spiro atoms. The Kier molecular flexibility index (Phi) is 4.96. The summed E-state index contributed by atoms with van der Waals surface area (Å²) in [5, 5.41) is 7.46. The standard InChI is InChI=1S/C13H14BrN3O.ClH/c14-10-5-3-4-9(8-10)12-16-13(18-17-12)11-6-1-2-7-15-11;/h3-5,8,11,15H,1-2,6-7H2;1H/t11-;/m0./s1. The summed E-state index contributed by atoms with van der Waals surface area (Å²) in [5.41, 5.74) is 0.968. The van der Waals surface area contributed by atoms with E-state index in [9.17, 15) is 0 Å². The van der Waals surface area contributed by atoms with Crippen LogP contribution in [0.2, 0.25) is 0 Å². The lowest BCUT2D eigenvalue weighted by atomic mass is 10.1. The minimum absolute atomic E-state index is 0. The van der Waals surface area contributed by atoms with Crippen LogP contribution in [0, 0.1) is 0 Å². The fourth-order valence-electron chi connectivity index (χ4n) is 2.18. The lowest BCUT2D eigenvalue weighted by Gasteiger charge is -2.19. The molecule has 1 fully saturated rings. The number of hydrogen-bond donors (Lipinski definition) is 1. The average molecular weight is 345 g/mol. The van der Waals surface area contributed by atoms with Crippen molar-refractivity contribution in [1.82, 2.24) is 15.5 Å². The third kappa shape index (κ3) is 3.35. The molecule has 0 unspecified atom stereocenters. The van der Waals surface area contributed by atoms with E-state index in [-0.39, 0.29) is 18.4 Å². The molecule has 19 heavy (non-hydrogen) atoms. The van der Waals surface area contributed by atoms with Gasteiger partial charge in [0.1, 0.15) is 0 Å². The Morgan fingerprint density at radius 1 is 1.32 bits per heavy atom. The van der Waals surface area contributed by atoms with Crippen molar-refractivity contribution in [3.8, 4) is 11.4 Å². The Hall–Kier alpha value is -0.910. The van der Waals surface area contributed by atoms with Gasteiger partial charge < -0.3 is 9.84 Å². The molecule has 0 radical (unpaired) electrons. The number of halogens is 2. The highest BCUT2D eigenvalue weighted by molar-refractivity contribution is 9.10. The molecule has 3 rings (SSSR count).